The Hall–Kier alpha value is -2.11. The van der Waals surface area contributed by atoms with Crippen LogP contribution in [0.2, 0.25) is 0 Å². The topological polar surface area (TPSA) is 84.2 Å². The van der Waals surface area contributed by atoms with Crippen LogP contribution in [0, 0.1) is 0 Å². The van der Waals surface area contributed by atoms with Gasteiger partial charge in [-0.1, -0.05) is 19.9 Å². The summed E-state index contributed by atoms with van der Waals surface area (Å²) in [6, 6.07) is 0.761. The van der Waals surface area contributed by atoms with E-state index in [2.05, 4.69) is 17.0 Å². The van der Waals surface area contributed by atoms with Crippen LogP contribution in [-0.4, -0.2) is 32.8 Å². The average Bonchev–Trinajstić information content (AvgIpc) is 2.76. The molecule has 1 rings (SSSR count). The summed E-state index contributed by atoms with van der Waals surface area (Å²) in [6.45, 7) is 7.55. The zero-order chi connectivity index (χ0) is 15.3. The number of aromatic nitrogens is 2. The van der Waals surface area contributed by atoms with E-state index in [1.807, 2.05) is 13.8 Å². The summed E-state index contributed by atoms with van der Waals surface area (Å²) in [4.78, 5) is 23.1. The van der Waals surface area contributed by atoms with Gasteiger partial charge in [-0.25, -0.2) is 4.79 Å². The molecule has 1 aromatic rings. The summed E-state index contributed by atoms with van der Waals surface area (Å²) in [6.07, 6.45) is 2.46. The van der Waals surface area contributed by atoms with E-state index in [4.69, 9.17) is 5.11 Å². The van der Waals surface area contributed by atoms with Crippen LogP contribution in [0.4, 0.5) is 0 Å². The van der Waals surface area contributed by atoms with Gasteiger partial charge in [0, 0.05) is 12.7 Å². The highest BCUT2D eigenvalue weighted by atomic mass is 16.4. The molecule has 20 heavy (non-hydrogen) atoms. The molecule has 0 aliphatic rings. The summed E-state index contributed by atoms with van der Waals surface area (Å²) in [7, 11) is 1.76. The van der Waals surface area contributed by atoms with Crippen molar-refractivity contribution in [1.82, 2.24) is 15.1 Å². The lowest BCUT2D eigenvalue weighted by Gasteiger charge is -2.12. The first-order valence-corrected chi connectivity index (χ1v) is 6.55. The number of carbonyl (C=O) groups is 2. The number of amides is 1. The number of hydrogen-bond donors (Lipinski definition) is 2. The third-order valence-electron chi connectivity index (χ3n) is 3.00. The number of nitrogens with one attached hydrogen (secondary N) is 1. The Kier molecular flexibility index (Phi) is 5.49. The number of carboxylic acid groups (broad SMARTS) is 1. The molecule has 1 aromatic heterocycles. The molecule has 0 bridgehead atoms. The molecule has 0 fully saturated rings. The third kappa shape index (κ3) is 3.94. The van der Waals surface area contributed by atoms with E-state index >= 15 is 0 Å². The van der Waals surface area contributed by atoms with E-state index in [-0.39, 0.29) is 11.6 Å². The lowest BCUT2D eigenvalue weighted by Crippen LogP contribution is -2.40. The summed E-state index contributed by atoms with van der Waals surface area (Å²) < 4.78 is 1.64. The number of carbonyl (C=O) groups excluding carboxylic acids is 1. The first-order chi connectivity index (χ1) is 9.36. The van der Waals surface area contributed by atoms with Gasteiger partial charge in [0.2, 0.25) is 0 Å². The number of aryl methyl sites for hydroxylation is 1. The molecular formula is C14H21N3O3. The lowest BCUT2D eigenvalue weighted by atomic mass is 10.1. The van der Waals surface area contributed by atoms with Crippen LogP contribution in [0.5, 0.6) is 0 Å². The second kappa shape index (κ2) is 6.88. The second-order valence-electron chi connectivity index (χ2n) is 4.96. The minimum absolute atomic E-state index is 0.237. The maximum atomic E-state index is 12.0. The maximum Gasteiger partial charge on any atom is 0.326 e. The Bertz CT molecular complexity index is 506. The molecule has 0 saturated heterocycles. The molecule has 0 radical (unpaired) electrons. The Balaban J connectivity index is 2.81. The molecule has 110 valence electrons. The fourth-order valence-corrected chi connectivity index (χ4v) is 1.91. The van der Waals surface area contributed by atoms with Crippen molar-refractivity contribution >= 4 is 11.9 Å². The first kappa shape index (κ1) is 15.9. The molecule has 0 aromatic carbocycles. The quantitative estimate of drug-likeness (QED) is 0.744. The minimum atomic E-state index is -1.06. The molecule has 6 heteroatoms. The first-order valence-electron chi connectivity index (χ1n) is 6.55. The van der Waals surface area contributed by atoms with E-state index in [9.17, 15) is 9.59 Å². The number of nitrogens with zero attached hydrogens (tertiary/aromatic N) is 2. The summed E-state index contributed by atoms with van der Waals surface area (Å²) >= 11 is 0. The van der Waals surface area contributed by atoms with Crippen LogP contribution in [0.1, 0.15) is 48.8 Å². The highest BCUT2D eigenvalue weighted by Gasteiger charge is 2.22. The maximum absolute atomic E-state index is 12.0. The van der Waals surface area contributed by atoms with E-state index < -0.39 is 17.9 Å². The highest BCUT2D eigenvalue weighted by molar-refractivity contribution is 5.95. The van der Waals surface area contributed by atoms with Crippen molar-refractivity contribution in [3.63, 3.8) is 0 Å². The van der Waals surface area contributed by atoms with E-state index in [1.54, 1.807) is 23.9 Å². The van der Waals surface area contributed by atoms with Crippen molar-refractivity contribution in [1.29, 1.82) is 0 Å². The molecule has 0 saturated carbocycles. The van der Waals surface area contributed by atoms with Gasteiger partial charge in [0.25, 0.3) is 5.91 Å². The van der Waals surface area contributed by atoms with Crippen LogP contribution in [-0.2, 0) is 11.8 Å². The molecule has 0 aliphatic heterocycles. The molecule has 0 aliphatic carbocycles. The molecule has 1 atom stereocenters. The van der Waals surface area contributed by atoms with Gasteiger partial charge in [0.1, 0.15) is 11.7 Å². The van der Waals surface area contributed by atoms with Gasteiger partial charge < -0.3 is 10.4 Å². The zero-order valence-electron chi connectivity index (χ0n) is 12.1. The van der Waals surface area contributed by atoms with E-state index in [0.717, 1.165) is 5.69 Å². The second-order valence-corrected chi connectivity index (χ2v) is 4.96. The standard InChI is InChI=1S/C14H21N3O3/c1-5-6-7-10(14(19)20)15-13(18)11-8-12(9(2)3)17(4)16-11/h5,8-10H,1,6-7H2,2-4H3,(H,15,18)(H,19,20). The lowest BCUT2D eigenvalue weighted by molar-refractivity contribution is -0.139. The fourth-order valence-electron chi connectivity index (χ4n) is 1.91. The SMILES string of the molecule is C=CCCC(NC(=O)c1cc(C(C)C)n(C)n1)C(=O)O. The number of aliphatic carboxylic acids is 1. The Morgan fingerprint density at radius 1 is 1.55 bits per heavy atom. The van der Waals surface area contributed by atoms with E-state index in [0.29, 0.717) is 12.8 Å². The van der Waals surface area contributed by atoms with Crippen LogP contribution in [0.25, 0.3) is 0 Å². The van der Waals surface area contributed by atoms with E-state index in [1.165, 1.54) is 0 Å². The number of allylic oxidation sites excluding steroid dienone is 1. The third-order valence-corrected chi connectivity index (χ3v) is 3.00. The molecule has 0 spiro atoms. The summed E-state index contributed by atoms with van der Waals surface area (Å²) in [5.74, 6) is -1.28. The zero-order valence-corrected chi connectivity index (χ0v) is 12.1. The fraction of sp³-hybridized carbons (Fsp3) is 0.500. The van der Waals surface area contributed by atoms with Crippen molar-refractivity contribution < 1.29 is 14.7 Å². The summed E-state index contributed by atoms with van der Waals surface area (Å²) in [5.41, 5.74) is 1.16. The van der Waals surface area contributed by atoms with Gasteiger partial charge in [-0.05, 0) is 24.8 Å². The average molecular weight is 279 g/mol. The van der Waals surface area contributed by atoms with Gasteiger partial charge in [-0.2, -0.15) is 5.10 Å². The molecule has 6 nitrogen and oxygen atoms in total. The van der Waals surface area contributed by atoms with Crippen molar-refractivity contribution in [3.05, 3.63) is 30.1 Å². The predicted octanol–water partition coefficient (Wildman–Crippen LogP) is 1.69. The van der Waals surface area contributed by atoms with Crippen molar-refractivity contribution in [3.8, 4) is 0 Å². The molecule has 1 amide bonds. The van der Waals surface area contributed by atoms with Crippen LogP contribution < -0.4 is 5.32 Å². The van der Waals surface area contributed by atoms with Gasteiger partial charge in [0.05, 0.1) is 0 Å². The molecular weight excluding hydrogens is 258 g/mol. The largest absolute Gasteiger partial charge is 0.480 e. The van der Waals surface area contributed by atoms with Gasteiger partial charge >= 0.3 is 5.97 Å². The molecule has 1 unspecified atom stereocenters. The van der Waals surface area contributed by atoms with Crippen LogP contribution >= 0.6 is 0 Å². The smallest absolute Gasteiger partial charge is 0.326 e. The van der Waals surface area contributed by atoms with Crippen LogP contribution in [0.15, 0.2) is 18.7 Å². The Morgan fingerprint density at radius 2 is 2.20 bits per heavy atom. The normalized spacial score (nSPS) is 12.2. The van der Waals surface area contributed by atoms with Crippen LogP contribution in [0.3, 0.4) is 0 Å². The van der Waals surface area contributed by atoms with Gasteiger partial charge in [0.15, 0.2) is 0 Å². The van der Waals surface area contributed by atoms with Crippen molar-refractivity contribution in [2.75, 3.05) is 0 Å². The molecule has 1 heterocycles. The predicted molar refractivity (Wildman–Crippen MR) is 75.6 cm³/mol. The number of carboxylic acids is 1. The summed E-state index contributed by atoms with van der Waals surface area (Å²) in [5, 5.41) is 15.7. The molecule has 2 N–H and O–H groups in total. The highest BCUT2D eigenvalue weighted by Crippen LogP contribution is 2.14. The van der Waals surface area contributed by atoms with Crippen molar-refractivity contribution in [2.45, 2.75) is 38.6 Å². The Labute approximate surface area is 118 Å². The monoisotopic (exact) mass is 279 g/mol. The minimum Gasteiger partial charge on any atom is -0.480 e. The number of rotatable bonds is 7. The van der Waals surface area contributed by atoms with Gasteiger partial charge in [-0.15, -0.1) is 6.58 Å². The van der Waals surface area contributed by atoms with Gasteiger partial charge in [-0.3, -0.25) is 9.48 Å². The number of hydrogen-bond acceptors (Lipinski definition) is 3. The Morgan fingerprint density at radius 3 is 2.65 bits per heavy atom. The van der Waals surface area contributed by atoms with Crippen molar-refractivity contribution in [2.24, 2.45) is 7.05 Å².